The fourth-order valence-electron chi connectivity index (χ4n) is 4.33. The lowest BCUT2D eigenvalue weighted by Crippen LogP contribution is -2.56. The molecule has 1 aromatic carbocycles. The molecular weight excluding hydrogens is 302 g/mol. The second-order valence-electron chi connectivity index (χ2n) is 6.53. The van der Waals surface area contributed by atoms with Crippen LogP contribution in [0.15, 0.2) is 24.3 Å². The number of benzene rings is 1. The molecule has 0 bridgehead atoms. The van der Waals surface area contributed by atoms with Crippen LogP contribution in [0.5, 0.6) is 0 Å². The van der Waals surface area contributed by atoms with Crippen LogP contribution in [0.25, 0.3) is 0 Å². The highest BCUT2D eigenvalue weighted by atomic mass is 35.5. The predicted molar refractivity (Wildman–Crippen MR) is 81.0 cm³/mol. The first-order chi connectivity index (χ1) is 10.6. The number of carbonyl (C=O) groups excluding carboxylic acids is 2. The fourth-order valence-corrected chi connectivity index (χ4v) is 4.84. The molecule has 2 fully saturated rings. The zero-order valence-corrected chi connectivity index (χ0v) is 13.1. The Morgan fingerprint density at radius 3 is 2.55 bits per heavy atom. The first-order valence-corrected chi connectivity index (χ1v) is 8.30. The van der Waals surface area contributed by atoms with Crippen LogP contribution in [-0.2, 0) is 25.9 Å². The quantitative estimate of drug-likeness (QED) is 0.319. The molecule has 2 heterocycles. The molecule has 1 atom stereocenters. The molecule has 4 rings (SSSR count). The molecule has 4 nitrogen and oxygen atoms in total. The third-order valence-electron chi connectivity index (χ3n) is 5.36. The summed E-state index contributed by atoms with van der Waals surface area (Å²) in [4.78, 5) is 26.1. The van der Waals surface area contributed by atoms with Crippen LogP contribution in [0.2, 0.25) is 0 Å². The van der Waals surface area contributed by atoms with E-state index in [4.69, 9.17) is 16.3 Å². The van der Waals surface area contributed by atoms with Crippen LogP contribution in [-0.4, -0.2) is 22.3 Å². The lowest BCUT2D eigenvalue weighted by Gasteiger charge is -2.46. The molecule has 0 N–H and O–H groups in total. The van der Waals surface area contributed by atoms with Crippen molar-refractivity contribution in [2.75, 3.05) is 0 Å². The number of hydrogen-bond donors (Lipinski definition) is 0. The first-order valence-electron chi connectivity index (χ1n) is 7.92. The van der Waals surface area contributed by atoms with Crippen LogP contribution in [0.3, 0.4) is 0 Å². The van der Waals surface area contributed by atoms with Crippen molar-refractivity contribution in [1.29, 1.82) is 0 Å². The van der Waals surface area contributed by atoms with Gasteiger partial charge in [-0.05, 0) is 42.8 Å². The van der Waals surface area contributed by atoms with Gasteiger partial charge in [-0.1, -0.05) is 43.5 Å². The normalized spacial score (nSPS) is 29.8. The van der Waals surface area contributed by atoms with Gasteiger partial charge in [-0.15, -0.1) is 0 Å². The summed E-state index contributed by atoms with van der Waals surface area (Å²) < 4.78 is 5.40. The monoisotopic (exact) mass is 319 g/mol. The van der Waals surface area contributed by atoms with Gasteiger partial charge in [-0.3, -0.25) is 9.69 Å². The maximum absolute atomic E-state index is 12.5. The highest BCUT2D eigenvalue weighted by molar-refractivity contribution is 6.39. The minimum absolute atomic E-state index is 0.359. The van der Waals surface area contributed by atoms with Gasteiger partial charge in [0, 0.05) is 11.1 Å². The summed E-state index contributed by atoms with van der Waals surface area (Å²) in [7, 11) is 0. The lowest BCUT2D eigenvalue weighted by atomic mass is 9.77. The number of aryl methyl sites for hydroxylation is 1. The van der Waals surface area contributed by atoms with Crippen LogP contribution in [0.1, 0.15) is 49.7 Å². The van der Waals surface area contributed by atoms with Gasteiger partial charge in [0.2, 0.25) is 0 Å². The van der Waals surface area contributed by atoms with Crippen LogP contribution >= 0.6 is 11.6 Å². The number of nitrogens with zero attached hydrogens (tertiary/aromatic N) is 1. The molecule has 1 spiro atoms. The van der Waals surface area contributed by atoms with Gasteiger partial charge in [0.15, 0.2) is 0 Å². The van der Waals surface area contributed by atoms with E-state index >= 15 is 0 Å². The van der Waals surface area contributed by atoms with E-state index in [1.165, 1.54) is 6.42 Å². The van der Waals surface area contributed by atoms with E-state index in [-0.39, 0.29) is 5.54 Å². The Bertz CT molecular complexity index is 653. The summed E-state index contributed by atoms with van der Waals surface area (Å²) in [5.74, 6) is -1.43. The molecule has 0 radical (unpaired) electrons. The third-order valence-corrected chi connectivity index (χ3v) is 5.81. The molecule has 1 aliphatic carbocycles. The average molecular weight is 320 g/mol. The molecule has 3 aliphatic rings. The Morgan fingerprint density at radius 1 is 1.05 bits per heavy atom. The summed E-state index contributed by atoms with van der Waals surface area (Å²) >= 11 is 6.78. The van der Waals surface area contributed by atoms with Crippen molar-refractivity contribution in [3.05, 3.63) is 35.4 Å². The minimum Gasteiger partial charge on any atom is -0.412 e. The second-order valence-corrected chi connectivity index (χ2v) is 7.05. The van der Waals surface area contributed by atoms with E-state index < -0.39 is 17.1 Å². The smallest absolute Gasteiger partial charge is 0.400 e. The molecule has 1 aromatic rings. The Kier molecular flexibility index (Phi) is 3.02. The molecule has 2 aliphatic heterocycles. The Balaban J connectivity index is 1.91. The van der Waals surface area contributed by atoms with E-state index in [0.29, 0.717) is 0 Å². The van der Waals surface area contributed by atoms with Gasteiger partial charge in [-0.2, -0.15) is 0 Å². The van der Waals surface area contributed by atoms with E-state index in [1.807, 2.05) is 24.3 Å². The van der Waals surface area contributed by atoms with Gasteiger partial charge in [0.1, 0.15) is 0 Å². The van der Waals surface area contributed by atoms with Gasteiger partial charge < -0.3 is 4.74 Å². The number of esters is 1. The largest absolute Gasteiger partial charge is 0.412 e. The van der Waals surface area contributed by atoms with E-state index in [0.717, 1.165) is 49.7 Å². The SMILES string of the molecule is O=C1OC2(Cl)c3ccccc3CCC3(CCCCC3)N2C1=O. The fraction of sp³-hybridized carbons (Fsp3) is 0.529. The van der Waals surface area contributed by atoms with Gasteiger partial charge >= 0.3 is 11.9 Å². The van der Waals surface area contributed by atoms with Gasteiger partial charge in [-0.25, -0.2) is 4.79 Å². The number of hydrogen-bond acceptors (Lipinski definition) is 3. The molecule has 116 valence electrons. The highest BCUT2D eigenvalue weighted by Crippen LogP contribution is 2.52. The number of ether oxygens (including phenoxy) is 1. The molecule has 0 aromatic heterocycles. The maximum atomic E-state index is 12.5. The van der Waals surface area contributed by atoms with Crippen LogP contribution in [0, 0.1) is 0 Å². The van der Waals surface area contributed by atoms with Gasteiger partial charge in [0.05, 0.1) is 0 Å². The standard InChI is InChI=1S/C17H18ClNO3/c18-17-13-7-3-2-6-12(13)8-11-16(9-4-1-5-10-16)19(17)14(20)15(21)22-17/h2-3,6-7H,1,4-5,8-11H2. The molecular formula is C17H18ClNO3. The molecule has 5 heteroatoms. The van der Waals surface area contributed by atoms with Crippen molar-refractivity contribution < 1.29 is 14.3 Å². The number of amides is 1. The maximum Gasteiger partial charge on any atom is 0.400 e. The average Bonchev–Trinajstić information content (AvgIpc) is 2.71. The number of alkyl halides is 1. The minimum atomic E-state index is -1.47. The third kappa shape index (κ3) is 1.76. The number of rotatable bonds is 0. The van der Waals surface area contributed by atoms with Gasteiger partial charge in [0.25, 0.3) is 5.18 Å². The van der Waals surface area contributed by atoms with Crippen molar-refractivity contribution in [2.45, 2.75) is 55.7 Å². The number of fused-ring (bicyclic) bond motifs is 4. The second kappa shape index (κ2) is 4.72. The van der Waals surface area contributed by atoms with E-state index in [9.17, 15) is 9.59 Å². The Morgan fingerprint density at radius 2 is 1.77 bits per heavy atom. The zero-order chi connectivity index (χ0) is 15.4. The molecule has 1 saturated heterocycles. The van der Waals surface area contributed by atoms with Crippen molar-refractivity contribution in [3.8, 4) is 0 Å². The van der Waals surface area contributed by atoms with Crippen LogP contribution < -0.4 is 0 Å². The van der Waals surface area contributed by atoms with Crippen molar-refractivity contribution in [3.63, 3.8) is 0 Å². The zero-order valence-electron chi connectivity index (χ0n) is 12.3. The van der Waals surface area contributed by atoms with Crippen molar-refractivity contribution >= 4 is 23.5 Å². The predicted octanol–water partition coefficient (Wildman–Crippen LogP) is 3.07. The molecule has 1 saturated carbocycles. The number of halogens is 1. The van der Waals surface area contributed by atoms with E-state index in [1.54, 1.807) is 4.90 Å². The summed E-state index contributed by atoms with van der Waals surface area (Å²) in [6, 6.07) is 7.71. The molecule has 22 heavy (non-hydrogen) atoms. The first kappa shape index (κ1) is 14.1. The van der Waals surface area contributed by atoms with Crippen LogP contribution in [0.4, 0.5) is 0 Å². The summed E-state index contributed by atoms with van der Waals surface area (Å²) in [5, 5.41) is -1.47. The highest BCUT2D eigenvalue weighted by Gasteiger charge is 2.62. The number of carbonyl (C=O) groups is 2. The Labute approximate surface area is 134 Å². The molecule has 1 amide bonds. The topological polar surface area (TPSA) is 46.6 Å². The molecule has 1 unspecified atom stereocenters. The lowest BCUT2D eigenvalue weighted by molar-refractivity contribution is -0.150. The summed E-state index contributed by atoms with van der Waals surface area (Å²) in [6.07, 6.45) is 6.74. The van der Waals surface area contributed by atoms with Crippen molar-refractivity contribution in [2.24, 2.45) is 0 Å². The van der Waals surface area contributed by atoms with Crippen molar-refractivity contribution in [1.82, 2.24) is 4.90 Å². The van der Waals surface area contributed by atoms with E-state index in [2.05, 4.69) is 0 Å². The summed E-state index contributed by atoms with van der Waals surface area (Å²) in [6.45, 7) is 0. The Hall–Kier alpha value is -1.55. The summed E-state index contributed by atoms with van der Waals surface area (Å²) in [5.41, 5.74) is 1.44.